The number of fused-ring (bicyclic) bond motifs is 1. The van der Waals surface area contributed by atoms with Crippen molar-refractivity contribution in [3.8, 4) is 0 Å². The van der Waals surface area contributed by atoms with Crippen LogP contribution in [-0.4, -0.2) is 36.7 Å². The molecule has 0 saturated heterocycles. The zero-order valence-electron chi connectivity index (χ0n) is 10.6. The van der Waals surface area contributed by atoms with E-state index in [1.165, 1.54) is 12.4 Å². The van der Waals surface area contributed by atoms with Gasteiger partial charge < -0.3 is 9.88 Å². The van der Waals surface area contributed by atoms with Crippen LogP contribution in [0.3, 0.4) is 0 Å². The number of carbonyl (C=O) groups is 1. The van der Waals surface area contributed by atoms with Crippen LogP contribution >= 0.6 is 0 Å². The molecule has 0 saturated carbocycles. The van der Waals surface area contributed by atoms with Gasteiger partial charge in [0.05, 0.1) is 6.20 Å². The van der Waals surface area contributed by atoms with E-state index in [0.717, 1.165) is 24.5 Å². The van der Waals surface area contributed by atoms with Crippen LogP contribution < -0.4 is 5.32 Å². The second kappa shape index (κ2) is 4.75. The Morgan fingerprint density at radius 3 is 3.11 bits per heavy atom. The van der Waals surface area contributed by atoms with Crippen LogP contribution in [0.5, 0.6) is 0 Å². The first-order valence-corrected chi connectivity index (χ1v) is 6.19. The van der Waals surface area contributed by atoms with E-state index >= 15 is 0 Å². The maximum atomic E-state index is 12.0. The van der Waals surface area contributed by atoms with Crippen LogP contribution in [-0.2, 0) is 13.0 Å². The molecule has 1 aliphatic rings. The van der Waals surface area contributed by atoms with Crippen molar-refractivity contribution in [1.82, 2.24) is 30.0 Å². The van der Waals surface area contributed by atoms with E-state index < -0.39 is 0 Å². The lowest BCUT2D eigenvalue weighted by atomic mass is 10.1. The molecule has 0 aliphatic carbocycles. The highest BCUT2D eigenvalue weighted by Gasteiger charge is 2.23. The summed E-state index contributed by atoms with van der Waals surface area (Å²) >= 11 is 0. The Balaban J connectivity index is 1.69. The molecular weight excluding hydrogens is 244 g/mol. The van der Waals surface area contributed by atoms with Gasteiger partial charge in [0.25, 0.3) is 5.91 Å². The normalized spacial score (nSPS) is 17.8. The van der Waals surface area contributed by atoms with Gasteiger partial charge in [-0.15, -0.1) is 10.2 Å². The topological polar surface area (TPSA) is 85.6 Å². The molecule has 1 amide bonds. The number of aryl methyl sites for hydroxylation is 2. The van der Waals surface area contributed by atoms with E-state index in [1.54, 1.807) is 6.20 Å². The minimum atomic E-state index is -0.188. The number of hydrogen-bond donors (Lipinski definition) is 1. The van der Waals surface area contributed by atoms with E-state index in [2.05, 4.69) is 25.5 Å². The Bertz CT molecular complexity index is 594. The molecule has 0 aromatic carbocycles. The van der Waals surface area contributed by atoms with Crippen molar-refractivity contribution in [2.45, 2.75) is 32.4 Å². The first-order valence-electron chi connectivity index (χ1n) is 6.19. The van der Waals surface area contributed by atoms with Crippen molar-refractivity contribution in [2.75, 3.05) is 0 Å². The summed E-state index contributed by atoms with van der Waals surface area (Å²) in [4.78, 5) is 19.9. The summed E-state index contributed by atoms with van der Waals surface area (Å²) in [7, 11) is 0. The molecule has 0 bridgehead atoms. The molecule has 2 aromatic heterocycles. The highest BCUT2D eigenvalue weighted by molar-refractivity contribution is 5.92. The van der Waals surface area contributed by atoms with E-state index in [1.807, 2.05) is 11.5 Å². The molecule has 0 unspecified atom stereocenters. The largest absolute Gasteiger partial charge is 0.346 e. The average Bonchev–Trinajstić information content (AvgIpc) is 2.81. The van der Waals surface area contributed by atoms with Gasteiger partial charge in [0.1, 0.15) is 17.3 Å². The summed E-state index contributed by atoms with van der Waals surface area (Å²) in [6.07, 6.45) is 6.21. The van der Waals surface area contributed by atoms with Crippen molar-refractivity contribution in [3.05, 3.63) is 35.9 Å². The average molecular weight is 258 g/mol. The van der Waals surface area contributed by atoms with Crippen molar-refractivity contribution >= 4 is 5.91 Å². The lowest BCUT2D eigenvalue weighted by molar-refractivity contribution is 0.0922. The van der Waals surface area contributed by atoms with E-state index in [4.69, 9.17) is 0 Å². The highest BCUT2D eigenvalue weighted by Crippen LogP contribution is 2.14. The number of hydrogen-bond acceptors (Lipinski definition) is 5. The number of aromatic nitrogens is 5. The van der Waals surface area contributed by atoms with Crippen LogP contribution in [0, 0.1) is 6.92 Å². The molecule has 0 radical (unpaired) electrons. The fourth-order valence-electron chi connectivity index (χ4n) is 2.26. The molecule has 7 heteroatoms. The predicted molar refractivity (Wildman–Crippen MR) is 66.4 cm³/mol. The van der Waals surface area contributed by atoms with Crippen LogP contribution in [0.25, 0.3) is 0 Å². The molecule has 7 nitrogen and oxygen atoms in total. The predicted octanol–water partition coefficient (Wildman–Crippen LogP) is 0.121. The van der Waals surface area contributed by atoms with Crippen molar-refractivity contribution in [3.63, 3.8) is 0 Å². The molecule has 0 fully saturated rings. The Hall–Kier alpha value is -2.31. The molecular formula is C12H14N6O. The number of nitrogens with one attached hydrogen (secondary N) is 1. The summed E-state index contributed by atoms with van der Waals surface area (Å²) in [5.41, 5.74) is 0.341. The molecule has 1 atom stereocenters. The third-order valence-corrected chi connectivity index (χ3v) is 3.26. The van der Waals surface area contributed by atoms with Crippen LogP contribution in [0.15, 0.2) is 18.6 Å². The van der Waals surface area contributed by atoms with Crippen LogP contribution in [0.2, 0.25) is 0 Å². The van der Waals surface area contributed by atoms with Gasteiger partial charge in [-0.05, 0) is 13.3 Å². The van der Waals surface area contributed by atoms with E-state index in [0.29, 0.717) is 12.2 Å². The van der Waals surface area contributed by atoms with Gasteiger partial charge >= 0.3 is 0 Å². The summed E-state index contributed by atoms with van der Waals surface area (Å²) < 4.78 is 2.05. The van der Waals surface area contributed by atoms with Crippen LogP contribution in [0.1, 0.15) is 28.6 Å². The molecule has 1 N–H and O–H groups in total. The molecule has 1 aliphatic heterocycles. The maximum Gasteiger partial charge on any atom is 0.271 e. The fourth-order valence-corrected chi connectivity index (χ4v) is 2.26. The zero-order valence-corrected chi connectivity index (χ0v) is 10.6. The SMILES string of the molecule is Cc1nnc2n1C[C@H](NC(=O)c1cnccn1)CC2. The molecule has 3 rings (SSSR count). The Morgan fingerprint density at radius 1 is 1.42 bits per heavy atom. The highest BCUT2D eigenvalue weighted by atomic mass is 16.1. The number of carbonyl (C=O) groups excluding carboxylic acids is 1. The number of amides is 1. The Labute approximate surface area is 110 Å². The molecule has 2 aromatic rings. The van der Waals surface area contributed by atoms with Crippen molar-refractivity contribution in [2.24, 2.45) is 0 Å². The number of nitrogens with zero attached hydrogens (tertiary/aromatic N) is 5. The lowest BCUT2D eigenvalue weighted by Crippen LogP contribution is -2.41. The minimum absolute atomic E-state index is 0.0803. The third-order valence-electron chi connectivity index (χ3n) is 3.26. The second-order valence-corrected chi connectivity index (χ2v) is 4.57. The Morgan fingerprint density at radius 2 is 2.32 bits per heavy atom. The smallest absolute Gasteiger partial charge is 0.271 e. The first-order chi connectivity index (χ1) is 9.24. The molecule has 19 heavy (non-hydrogen) atoms. The van der Waals surface area contributed by atoms with Gasteiger partial charge in [-0.1, -0.05) is 0 Å². The van der Waals surface area contributed by atoms with Gasteiger partial charge in [-0.2, -0.15) is 0 Å². The Kier molecular flexibility index (Phi) is 2.94. The summed E-state index contributed by atoms with van der Waals surface area (Å²) in [5, 5.41) is 11.1. The fraction of sp³-hybridized carbons (Fsp3) is 0.417. The van der Waals surface area contributed by atoms with E-state index in [9.17, 15) is 4.79 Å². The quantitative estimate of drug-likeness (QED) is 0.827. The summed E-state index contributed by atoms with van der Waals surface area (Å²) in [6, 6.07) is 0.0803. The summed E-state index contributed by atoms with van der Waals surface area (Å²) in [5.74, 6) is 1.68. The number of rotatable bonds is 2. The van der Waals surface area contributed by atoms with Gasteiger partial charge in [-0.3, -0.25) is 9.78 Å². The minimum Gasteiger partial charge on any atom is -0.346 e. The summed E-state index contributed by atoms with van der Waals surface area (Å²) in [6.45, 7) is 2.63. The second-order valence-electron chi connectivity index (χ2n) is 4.57. The van der Waals surface area contributed by atoms with Gasteiger partial charge in [-0.25, -0.2) is 4.98 Å². The molecule has 0 spiro atoms. The van der Waals surface area contributed by atoms with Crippen molar-refractivity contribution in [1.29, 1.82) is 0 Å². The lowest BCUT2D eigenvalue weighted by Gasteiger charge is -2.24. The first kappa shape index (κ1) is 11.8. The molecule has 98 valence electrons. The van der Waals surface area contributed by atoms with Crippen LogP contribution in [0.4, 0.5) is 0 Å². The maximum absolute atomic E-state index is 12.0. The van der Waals surface area contributed by atoms with Gasteiger partial charge in [0.2, 0.25) is 0 Å². The van der Waals surface area contributed by atoms with Crippen molar-refractivity contribution < 1.29 is 4.79 Å². The van der Waals surface area contributed by atoms with Gasteiger partial charge in [0, 0.05) is 31.4 Å². The van der Waals surface area contributed by atoms with Gasteiger partial charge in [0.15, 0.2) is 0 Å². The van der Waals surface area contributed by atoms with E-state index in [-0.39, 0.29) is 11.9 Å². The molecule has 3 heterocycles. The zero-order chi connectivity index (χ0) is 13.2. The standard InChI is InChI=1S/C12H14N6O/c1-8-16-17-11-3-2-9(7-18(8)11)15-12(19)10-6-13-4-5-14-10/h4-6,9H,2-3,7H2,1H3,(H,15,19)/t9-/m1/s1. The third kappa shape index (κ3) is 2.31. The monoisotopic (exact) mass is 258 g/mol.